The second-order valence-corrected chi connectivity index (χ2v) is 8.40. The van der Waals surface area contributed by atoms with Gasteiger partial charge in [-0.1, -0.05) is 6.42 Å². The average molecular weight is 394 g/mol. The average Bonchev–Trinajstić information content (AvgIpc) is 3.28. The van der Waals surface area contributed by atoms with Crippen molar-refractivity contribution in [2.45, 2.75) is 63.8 Å². The van der Waals surface area contributed by atoms with Crippen LogP contribution in [0.2, 0.25) is 0 Å². The molecule has 1 aromatic rings. The minimum atomic E-state index is -0.430. The van der Waals surface area contributed by atoms with Crippen molar-refractivity contribution < 1.29 is 14.6 Å². The molecule has 2 fully saturated rings. The largest absolute Gasteiger partial charge is 0.389 e. The summed E-state index contributed by atoms with van der Waals surface area (Å²) in [4.78, 5) is 4.79. The van der Waals surface area contributed by atoms with E-state index in [0.717, 1.165) is 76.8 Å². The molecule has 158 valence electrons. The van der Waals surface area contributed by atoms with Crippen molar-refractivity contribution in [1.29, 1.82) is 0 Å². The van der Waals surface area contributed by atoms with E-state index in [1.54, 1.807) is 0 Å². The molecule has 0 spiro atoms. The van der Waals surface area contributed by atoms with Crippen LogP contribution in [0.25, 0.3) is 0 Å². The van der Waals surface area contributed by atoms with Gasteiger partial charge in [-0.3, -0.25) is 9.80 Å². The Morgan fingerprint density at radius 2 is 1.89 bits per heavy atom. The zero-order valence-electron chi connectivity index (χ0n) is 17.0. The first-order chi connectivity index (χ1) is 13.8. The van der Waals surface area contributed by atoms with Crippen molar-refractivity contribution in [3.63, 3.8) is 0 Å². The molecule has 3 aliphatic rings. The third-order valence-corrected chi connectivity index (χ3v) is 6.12. The van der Waals surface area contributed by atoms with Gasteiger partial charge in [-0.25, -0.2) is 0 Å². The van der Waals surface area contributed by atoms with Gasteiger partial charge >= 0.3 is 0 Å². The van der Waals surface area contributed by atoms with Gasteiger partial charge in [0.15, 0.2) is 0 Å². The summed E-state index contributed by atoms with van der Waals surface area (Å²) in [5, 5.41) is 19.1. The summed E-state index contributed by atoms with van der Waals surface area (Å²) in [7, 11) is 0. The van der Waals surface area contributed by atoms with Gasteiger partial charge in [0.05, 0.1) is 32.0 Å². The topological polar surface area (TPSA) is 75.9 Å². The molecule has 0 radical (unpaired) electrons. The smallest absolute Gasteiger partial charge is 0.147 e. The fourth-order valence-corrected chi connectivity index (χ4v) is 4.45. The van der Waals surface area contributed by atoms with Crippen LogP contribution in [0.1, 0.15) is 43.8 Å². The molecule has 0 unspecified atom stereocenters. The van der Waals surface area contributed by atoms with Gasteiger partial charge < -0.3 is 19.1 Å². The van der Waals surface area contributed by atoms with E-state index in [-0.39, 0.29) is 6.10 Å². The number of aliphatic hydroxyl groups is 1. The van der Waals surface area contributed by atoms with Gasteiger partial charge in [-0.2, -0.15) is 0 Å². The lowest BCUT2D eigenvalue weighted by Gasteiger charge is -2.35. The highest BCUT2D eigenvalue weighted by molar-refractivity contribution is 4.98. The van der Waals surface area contributed by atoms with Crippen LogP contribution in [0.3, 0.4) is 0 Å². The molecular weight excluding hydrogens is 358 g/mol. The number of aryl methyl sites for hydroxylation is 1. The Morgan fingerprint density at radius 1 is 1.04 bits per heavy atom. The molecule has 1 aromatic heterocycles. The van der Waals surface area contributed by atoms with Crippen LogP contribution in [0.15, 0.2) is 0 Å². The van der Waals surface area contributed by atoms with E-state index >= 15 is 0 Å². The van der Waals surface area contributed by atoms with Crippen LogP contribution in [0, 0.1) is 0 Å². The van der Waals surface area contributed by atoms with Crippen molar-refractivity contribution in [1.82, 2.24) is 24.6 Å². The van der Waals surface area contributed by atoms with Crippen LogP contribution >= 0.6 is 0 Å². The molecule has 8 nitrogen and oxygen atoms in total. The van der Waals surface area contributed by atoms with E-state index in [0.29, 0.717) is 19.8 Å². The molecular formula is C20H35N5O3. The third-order valence-electron chi connectivity index (χ3n) is 6.12. The molecule has 1 N–H and O–H groups in total. The van der Waals surface area contributed by atoms with Gasteiger partial charge in [-0.05, 0) is 25.7 Å². The quantitative estimate of drug-likeness (QED) is 0.696. The number of fused-ring (bicyclic) bond motifs is 1. The van der Waals surface area contributed by atoms with Crippen LogP contribution < -0.4 is 0 Å². The minimum Gasteiger partial charge on any atom is -0.389 e. The second-order valence-electron chi connectivity index (χ2n) is 8.40. The number of β-amino-alcohol motifs (C(OH)–C–C–N with tert-alkyl or cyclic N) is 1. The maximum Gasteiger partial charge on any atom is 0.147 e. The number of aliphatic hydroxyl groups excluding tert-OH is 1. The number of piperazine rings is 1. The van der Waals surface area contributed by atoms with Gasteiger partial charge in [0, 0.05) is 52.3 Å². The molecule has 0 saturated carbocycles. The Hall–Kier alpha value is -1.06. The summed E-state index contributed by atoms with van der Waals surface area (Å²) in [6, 6.07) is 0. The molecule has 0 aliphatic carbocycles. The fraction of sp³-hybridized carbons (Fsp3) is 0.900. The zero-order chi connectivity index (χ0) is 19.2. The molecule has 28 heavy (non-hydrogen) atoms. The van der Waals surface area contributed by atoms with E-state index in [1.165, 1.54) is 19.3 Å². The first-order valence-corrected chi connectivity index (χ1v) is 11.0. The molecule has 4 rings (SSSR count). The highest BCUT2D eigenvalue weighted by atomic mass is 16.5. The van der Waals surface area contributed by atoms with Crippen molar-refractivity contribution in [2.75, 3.05) is 52.5 Å². The molecule has 4 heterocycles. The van der Waals surface area contributed by atoms with Crippen molar-refractivity contribution >= 4 is 0 Å². The Labute approximate surface area is 167 Å². The number of hydrogen-bond acceptors (Lipinski definition) is 7. The molecule has 0 aromatic carbocycles. The SMILES string of the molecule is O[C@H](COC[C@@H]1CCCO1)CN1CCN(Cc2nnc3n2CCCCC3)CC1. The van der Waals surface area contributed by atoms with Gasteiger partial charge in [0.2, 0.25) is 0 Å². The summed E-state index contributed by atoms with van der Waals surface area (Å²) in [6.45, 7) is 8.44. The molecule has 2 saturated heterocycles. The highest BCUT2D eigenvalue weighted by Crippen LogP contribution is 2.16. The summed E-state index contributed by atoms with van der Waals surface area (Å²) >= 11 is 0. The van der Waals surface area contributed by atoms with E-state index in [1.807, 2.05) is 0 Å². The summed E-state index contributed by atoms with van der Waals surface area (Å²) in [6.07, 6.45) is 6.82. The van der Waals surface area contributed by atoms with E-state index < -0.39 is 6.10 Å². The number of ether oxygens (including phenoxy) is 2. The third kappa shape index (κ3) is 5.51. The Bertz CT molecular complexity index is 597. The summed E-state index contributed by atoms with van der Waals surface area (Å²) in [5.41, 5.74) is 0. The summed E-state index contributed by atoms with van der Waals surface area (Å²) < 4.78 is 13.5. The number of hydrogen-bond donors (Lipinski definition) is 1. The van der Waals surface area contributed by atoms with Crippen LogP contribution in [0.4, 0.5) is 0 Å². The lowest BCUT2D eigenvalue weighted by molar-refractivity contribution is -0.0288. The van der Waals surface area contributed by atoms with Gasteiger partial charge in [-0.15, -0.1) is 10.2 Å². The monoisotopic (exact) mass is 393 g/mol. The first-order valence-electron chi connectivity index (χ1n) is 11.0. The predicted octanol–water partition coefficient (Wildman–Crippen LogP) is 0.679. The predicted molar refractivity (Wildman–Crippen MR) is 105 cm³/mol. The van der Waals surface area contributed by atoms with Crippen molar-refractivity contribution in [3.8, 4) is 0 Å². The van der Waals surface area contributed by atoms with Crippen LogP contribution in [0.5, 0.6) is 0 Å². The molecule has 0 amide bonds. The lowest BCUT2D eigenvalue weighted by atomic mass is 10.2. The molecule has 0 bridgehead atoms. The van der Waals surface area contributed by atoms with E-state index in [9.17, 15) is 5.11 Å². The number of aromatic nitrogens is 3. The standard InChI is InChI=1S/C20H35N5O3/c26-17(15-27-16-18-5-4-12-28-18)13-23-8-10-24(11-9-23)14-20-22-21-19-6-2-1-3-7-25(19)20/h17-18,26H,1-16H2/t17-,18-/m0/s1. The molecule has 3 aliphatic heterocycles. The van der Waals surface area contributed by atoms with E-state index in [4.69, 9.17) is 9.47 Å². The van der Waals surface area contributed by atoms with Crippen LogP contribution in [-0.2, 0) is 29.0 Å². The van der Waals surface area contributed by atoms with Gasteiger partial charge in [0.25, 0.3) is 0 Å². The Kier molecular flexibility index (Phi) is 7.31. The Balaban J connectivity index is 1.15. The minimum absolute atomic E-state index is 0.225. The number of rotatable bonds is 8. The highest BCUT2D eigenvalue weighted by Gasteiger charge is 2.23. The molecule has 8 heteroatoms. The first kappa shape index (κ1) is 20.2. The maximum absolute atomic E-state index is 10.3. The summed E-state index contributed by atoms with van der Waals surface area (Å²) in [5.74, 6) is 2.28. The number of nitrogens with zero attached hydrogens (tertiary/aromatic N) is 5. The normalized spacial score (nSPS) is 25.5. The second kappa shape index (κ2) is 10.1. The Morgan fingerprint density at radius 3 is 2.71 bits per heavy atom. The zero-order valence-corrected chi connectivity index (χ0v) is 17.0. The van der Waals surface area contributed by atoms with Crippen molar-refractivity contribution in [2.24, 2.45) is 0 Å². The maximum atomic E-state index is 10.3. The lowest BCUT2D eigenvalue weighted by Crippen LogP contribution is -2.49. The van der Waals surface area contributed by atoms with Crippen LogP contribution in [-0.4, -0.2) is 94.4 Å². The van der Waals surface area contributed by atoms with Gasteiger partial charge in [0.1, 0.15) is 11.6 Å². The molecule has 2 atom stereocenters. The van der Waals surface area contributed by atoms with E-state index in [2.05, 4.69) is 24.6 Å². The fourth-order valence-electron chi connectivity index (χ4n) is 4.45. The van der Waals surface area contributed by atoms with Crippen molar-refractivity contribution in [3.05, 3.63) is 11.6 Å².